The Morgan fingerprint density at radius 1 is 0.209 bits per heavy atom. The van der Waals surface area contributed by atoms with E-state index >= 15 is 0 Å². The molecule has 18 aromatic carbocycles. The molecule has 24 rings (SSSR count). The summed E-state index contributed by atoms with van der Waals surface area (Å²) in [5, 5.41) is 15.3. The number of benzene rings is 18. The van der Waals surface area contributed by atoms with Gasteiger partial charge in [0.05, 0.1) is 38.8 Å². The largest absolute Gasteiger partial charge is 0.309 e. The summed E-state index contributed by atoms with van der Waals surface area (Å²) < 4.78 is 9.97. The summed E-state index contributed by atoms with van der Waals surface area (Å²) in [6.07, 6.45) is 0.993. The first-order valence-electron chi connectivity index (χ1n) is 38.2. The van der Waals surface area contributed by atoms with Gasteiger partial charge in [-0.25, -0.2) is 0 Å². The lowest BCUT2D eigenvalue weighted by atomic mass is 9.85. The number of nitrogens with zero attached hydrogens (tertiary/aromatic N) is 3. The molecule has 4 heterocycles. The van der Waals surface area contributed by atoms with Crippen LogP contribution in [0.25, 0.3) is 191 Å². The quantitative estimate of drug-likeness (QED) is 0.144. The molecule has 4 aromatic heterocycles. The Labute approximate surface area is 639 Å². The van der Waals surface area contributed by atoms with Crippen LogP contribution in [-0.2, 0) is 6.42 Å². The number of para-hydroxylation sites is 2. The molecule has 110 heavy (non-hydrogen) atoms. The summed E-state index contributed by atoms with van der Waals surface area (Å²) >= 11 is 1.88. The Morgan fingerprint density at radius 2 is 0.673 bits per heavy atom. The van der Waals surface area contributed by atoms with Gasteiger partial charge in [-0.15, -0.1) is 11.3 Å². The molecule has 512 valence electrons. The molecule has 0 amide bonds. The predicted octanol–water partition coefficient (Wildman–Crippen LogP) is 28.7. The number of fused-ring (bicyclic) bond motifs is 20. The van der Waals surface area contributed by atoms with E-state index in [1.165, 1.54) is 213 Å². The van der Waals surface area contributed by atoms with Crippen LogP contribution in [0, 0.1) is 0 Å². The van der Waals surface area contributed by atoms with Crippen molar-refractivity contribution in [2.75, 3.05) is 0 Å². The number of hydrogen-bond acceptors (Lipinski definition) is 1. The summed E-state index contributed by atoms with van der Waals surface area (Å²) in [5.41, 5.74) is 33.1. The van der Waals surface area contributed by atoms with Crippen molar-refractivity contribution in [2.24, 2.45) is 0 Å². The van der Waals surface area contributed by atoms with Gasteiger partial charge >= 0.3 is 0 Å². The van der Waals surface area contributed by atoms with Crippen LogP contribution < -0.4 is 0 Å². The van der Waals surface area contributed by atoms with E-state index in [1.807, 2.05) is 11.3 Å². The fraction of sp³-hybridized carbons (Fsp3) is 0.0189. The maximum absolute atomic E-state index is 2.53. The Hall–Kier alpha value is -13.9. The zero-order valence-corrected chi connectivity index (χ0v) is 60.8. The third-order valence-corrected chi connectivity index (χ3v) is 24.9. The number of rotatable bonds is 8. The lowest BCUT2D eigenvalue weighted by molar-refractivity contribution is 1.02. The van der Waals surface area contributed by atoms with Gasteiger partial charge in [-0.3, -0.25) is 0 Å². The summed E-state index contributed by atoms with van der Waals surface area (Å²) in [6.45, 7) is 0. The van der Waals surface area contributed by atoms with Gasteiger partial charge in [0.15, 0.2) is 0 Å². The molecule has 0 saturated carbocycles. The van der Waals surface area contributed by atoms with Crippen LogP contribution >= 0.6 is 11.3 Å². The Balaban J connectivity index is 0.000000132. The van der Waals surface area contributed by atoms with E-state index in [2.05, 4.69) is 402 Å². The molecule has 0 fully saturated rings. The second-order valence-electron chi connectivity index (χ2n) is 29.8. The van der Waals surface area contributed by atoms with Crippen LogP contribution in [-0.4, -0.2) is 13.7 Å². The molecule has 0 spiro atoms. The maximum atomic E-state index is 2.53. The molecule has 0 aliphatic heterocycles. The summed E-state index contributed by atoms with van der Waals surface area (Å²) in [5.74, 6) is 0.172. The molecule has 0 radical (unpaired) electrons. The van der Waals surface area contributed by atoms with E-state index in [4.69, 9.17) is 0 Å². The van der Waals surface area contributed by atoms with Crippen LogP contribution in [0.5, 0.6) is 0 Å². The van der Waals surface area contributed by atoms with E-state index in [-0.39, 0.29) is 5.92 Å². The molecule has 2 aliphatic rings. The molecule has 3 nitrogen and oxygen atoms in total. The fourth-order valence-corrected chi connectivity index (χ4v) is 19.9. The average Bonchev–Trinajstić information content (AvgIpc) is 1.39. The van der Waals surface area contributed by atoms with Gasteiger partial charge < -0.3 is 13.7 Å². The van der Waals surface area contributed by atoms with Crippen LogP contribution in [0.4, 0.5) is 0 Å². The smallest absolute Gasteiger partial charge is 0.0548 e. The summed E-state index contributed by atoms with van der Waals surface area (Å²) in [6, 6.07) is 144. The van der Waals surface area contributed by atoms with Crippen LogP contribution in [0.15, 0.2) is 388 Å². The van der Waals surface area contributed by atoms with Gasteiger partial charge in [0.25, 0.3) is 0 Å². The molecule has 0 bridgehead atoms. The number of hydrogen-bond donors (Lipinski definition) is 0. The molecule has 0 N–H and O–H groups in total. The second kappa shape index (κ2) is 24.8. The highest BCUT2D eigenvalue weighted by Crippen LogP contribution is 2.54. The van der Waals surface area contributed by atoms with Crippen molar-refractivity contribution in [3.63, 3.8) is 0 Å². The highest BCUT2D eigenvalue weighted by atomic mass is 32.1. The van der Waals surface area contributed by atoms with Crippen LogP contribution in [0.1, 0.15) is 33.7 Å². The van der Waals surface area contributed by atoms with Crippen LogP contribution in [0.3, 0.4) is 0 Å². The third-order valence-electron chi connectivity index (χ3n) is 23.8. The predicted molar refractivity (Wildman–Crippen MR) is 467 cm³/mol. The minimum Gasteiger partial charge on any atom is -0.309 e. The van der Waals surface area contributed by atoms with Crippen LogP contribution in [0.2, 0.25) is 0 Å². The zero-order chi connectivity index (χ0) is 72.1. The van der Waals surface area contributed by atoms with Gasteiger partial charge in [0.1, 0.15) is 0 Å². The van der Waals surface area contributed by atoms with Crippen molar-refractivity contribution in [3.8, 4) is 83.8 Å². The first-order valence-corrected chi connectivity index (χ1v) is 39.0. The molecule has 0 saturated heterocycles. The monoisotopic (exact) mass is 1410 g/mol. The first-order chi connectivity index (χ1) is 54.5. The van der Waals surface area contributed by atoms with E-state index in [9.17, 15) is 0 Å². The van der Waals surface area contributed by atoms with Crippen molar-refractivity contribution in [1.82, 2.24) is 13.7 Å². The second-order valence-corrected chi connectivity index (χ2v) is 30.8. The lowest BCUT2D eigenvalue weighted by Crippen LogP contribution is -2.01. The molecule has 1 unspecified atom stereocenters. The molecule has 4 heteroatoms. The average molecular weight is 1410 g/mol. The standard InChI is InChI=1S/C54H35N.C52H32N2S/c1-2-12-34(13-3-1)36-17-10-18-41(29-36)55-52-23-9-8-21-44(52)50-31-38(25-27-53(50)55)37-24-26-46-48(30-37)49-33-47-40(28-39-15-5-7-20-43(39)47)32-51(49)54(46)45-22-11-16-35-14-4-6-19-42(35)45;1-2-12-33(13-3-1)35-16-10-17-38(28-35)53-47-21-8-6-19-40(47)42-29-36(24-26-48(42)53)37-25-27-49-43(30-37)44-32-52-45(41-20-7-9-23-51(41)55-52)31-50(44)54(49)46-22-11-15-34-14-4-5-18-39(34)46/h1-27,29-33,54H,28H2;1-32H. The van der Waals surface area contributed by atoms with Crippen molar-refractivity contribution < 1.29 is 0 Å². The highest BCUT2D eigenvalue weighted by Gasteiger charge is 2.34. The maximum Gasteiger partial charge on any atom is 0.0548 e. The topological polar surface area (TPSA) is 14.8 Å². The Bertz CT molecular complexity index is 7560. The third kappa shape index (κ3) is 9.83. The molecular formula is C106H67N3S. The Kier molecular flexibility index (Phi) is 14.1. The minimum atomic E-state index is 0.172. The summed E-state index contributed by atoms with van der Waals surface area (Å²) in [4.78, 5) is 0. The molecule has 1 atom stereocenters. The highest BCUT2D eigenvalue weighted by molar-refractivity contribution is 7.25. The van der Waals surface area contributed by atoms with Crippen molar-refractivity contribution >= 4 is 118 Å². The van der Waals surface area contributed by atoms with E-state index < -0.39 is 0 Å². The minimum absolute atomic E-state index is 0.172. The molecule has 2 aliphatic carbocycles. The normalized spacial score (nSPS) is 13.0. The number of aromatic nitrogens is 3. The van der Waals surface area contributed by atoms with Gasteiger partial charge in [0.2, 0.25) is 0 Å². The molecule has 22 aromatic rings. The van der Waals surface area contributed by atoms with E-state index in [0.717, 1.165) is 12.1 Å². The van der Waals surface area contributed by atoms with Gasteiger partial charge in [0, 0.05) is 75.2 Å². The van der Waals surface area contributed by atoms with Gasteiger partial charge in [-0.05, 0) is 226 Å². The van der Waals surface area contributed by atoms with Crippen molar-refractivity contribution in [1.29, 1.82) is 0 Å². The van der Waals surface area contributed by atoms with E-state index in [1.54, 1.807) is 0 Å². The van der Waals surface area contributed by atoms with Gasteiger partial charge in [-0.2, -0.15) is 0 Å². The van der Waals surface area contributed by atoms with Crippen molar-refractivity contribution in [3.05, 3.63) is 416 Å². The van der Waals surface area contributed by atoms with Gasteiger partial charge in [-0.1, -0.05) is 279 Å². The lowest BCUT2D eigenvalue weighted by Gasteiger charge is -2.18. The fourth-order valence-electron chi connectivity index (χ4n) is 18.8. The molecular weight excluding hydrogens is 1350 g/mol. The van der Waals surface area contributed by atoms with Crippen molar-refractivity contribution in [2.45, 2.75) is 12.3 Å². The SMILES string of the molecule is c1ccc(-c2cccc(-n3c4ccccc4c4cc(-c5ccc6c(c5)-c5cc7c(cc5C6c5cccc6ccccc56)Cc5ccccc5-7)ccc43)c2)cc1.c1ccc(-c2cccc(-n3c4ccccc4c4cc(-c5ccc6c(c5)c5cc7sc8ccccc8c7cc5n6-c5cccc6ccccc56)ccc43)c2)cc1. The first kappa shape index (κ1) is 62.3. The Morgan fingerprint density at radius 3 is 1.34 bits per heavy atom. The number of thiophene rings is 1. The summed E-state index contributed by atoms with van der Waals surface area (Å²) in [7, 11) is 0. The zero-order valence-electron chi connectivity index (χ0n) is 60.0. The van der Waals surface area contributed by atoms with E-state index in [0.29, 0.717) is 0 Å².